The monoisotopic (exact) mass is 220 g/mol. The highest BCUT2D eigenvalue weighted by Crippen LogP contribution is 2.40. The molecule has 1 saturated carbocycles. The molecular formula is C11H16N4O. The van der Waals surface area contributed by atoms with Gasteiger partial charge in [-0.3, -0.25) is 0 Å². The van der Waals surface area contributed by atoms with Gasteiger partial charge >= 0.3 is 0 Å². The zero-order chi connectivity index (χ0) is 11.0. The third kappa shape index (κ3) is 1.88. The maximum Gasteiger partial charge on any atom is 0.143 e. The van der Waals surface area contributed by atoms with Gasteiger partial charge in [0.2, 0.25) is 0 Å². The summed E-state index contributed by atoms with van der Waals surface area (Å²) in [5, 5.41) is 0. The highest BCUT2D eigenvalue weighted by molar-refractivity contribution is 5.37. The van der Waals surface area contributed by atoms with Crippen LogP contribution in [0.1, 0.15) is 42.6 Å². The number of anilines is 1. The van der Waals surface area contributed by atoms with E-state index in [9.17, 15) is 0 Å². The number of nitrogens with two attached hydrogens (primary N) is 1. The van der Waals surface area contributed by atoms with Gasteiger partial charge in [-0.25, -0.2) is 15.8 Å². The third-order valence-electron chi connectivity index (χ3n) is 3.20. The fraction of sp³-hybridized carbons (Fsp3) is 0.636. The third-order valence-corrected chi connectivity index (χ3v) is 3.20. The van der Waals surface area contributed by atoms with Gasteiger partial charge in [-0.1, -0.05) is 0 Å². The highest BCUT2D eigenvalue weighted by Gasteiger charge is 2.28. The lowest BCUT2D eigenvalue weighted by atomic mass is 10.1. The first-order chi connectivity index (χ1) is 7.86. The quantitative estimate of drug-likeness (QED) is 0.590. The van der Waals surface area contributed by atoms with Crippen molar-refractivity contribution in [3.05, 3.63) is 17.6 Å². The number of hydrogen-bond acceptors (Lipinski definition) is 5. The maximum atomic E-state index is 5.44. The van der Waals surface area contributed by atoms with Crippen LogP contribution in [0.4, 0.5) is 5.82 Å². The molecule has 1 aliphatic carbocycles. The van der Waals surface area contributed by atoms with Crippen LogP contribution in [0.5, 0.6) is 0 Å². The Morgan fingerprint density at radius 2 is 2.12 bits per heavy atom. The first-order valence-corrected chi connectivity index (χ1v) is 5.80. The predicted octanol–water partition coefficient (Wildman–Crippen LogP) is 1.14. The number of nitrogens with zero attached hydrogens (tertiary/aromatic N) is 2. The molecule has 1 saturated heterocycles. The van der Waals surface area contributed by atoms with Crippen molar-refractivity contribution in [1.82, 2.24) is 9.97 Å². The summed E-state index contributed by atoms with van der Waals surface area (Å²) in [6.07, 6.45) is 3.49. The van der Waals surface area contributed by atoms with Crippen LogP contribution in [0.2, 0.25) is 0 Å². The zero-order valence-electron chi connectivity index (χ0n) is 9.15. The Labute approximate surface area is 94.4 Å². The van der Waals surface area contributed by atoms with Gasteiger partial charge in [0, 0.05) is 30.2 Å². The summed E-state index contributed by atoms with van der Waals surface area (Å²) in [4.78, 5) is 9.06. The average molecular weight is 220 g/mol. The maximum absolute atomic E-state index is 5.44. The summed E-state index contributed by atoms with van der Waals surface area (Å²) in [6, 6.07) is 1.96. The lowest BCUT2D eigenvalue weighted by molar-refractivity contribution is 0.193. The molecule has 1 unspecified atom stereocenters. The van der Waals surface area contributed by atoms with E-state index in [1.165, 1.54) is 12.8 Å². The Morgan fingerprint density at radius 3 is 2.75 bits per heavy atom. The van der Waals surface area contributed by atoms with Crippen LogP contribution >= 0.6 is 0 Å². The number of hydrazine groups is 1. The Balaban J connectivity index is 1.92. The fourth-order valence-corrected chi connectivity index (χ4v) is 2.07. The number of hydrogen-bond donors (Lipinski definition) is 2. The molecule has 3 rings (SSSR count). The van der Waals surface area contributed by atoms with Crippen LogP contribution in [0, 0.1) is 0 Å². The Bertz CT molecular complexity index is 386. The number of rotatable bonds is 3. The molecule has 0 spiro atoms. The Morgan fingerprint density at radius 1 is 1.25 bits per heavy atom. The van der Waals surface area contributed by atoms with Crippen molar-refractivity contribution >= 4 is 5.82 Å². The van der Waals surface area contributed by atoms with Crippen LogP contribution in [0.3, 0.4) is 0 Å². The van der Waals surface area contributed by atoms with Crippen molar-refractivity contribution in [3.8, 4) is 0 Å². The van der Waals surface area contributed by atoms with E-state index in [0.29, 0.717) is 11.8 Å². The standard InChI is InChI=1S/C11H16N4O/c12-15-10-5-9(7-1-2-7)13-11(14-10)8-3-4-16-6-8/h5,7-8H,1-4,6,12H2,(H,13,14,15). The van der Waals surface area contributed by atoms with Crippen molar-refractivity contribution in [1.29, 1.82) is 0 Å². The minimum absolute atomic E-state index is 0.339. The van der Waals surface area contributed by atoms with Gasteiger partial charge in [0.05, 0.1) is 6.61 Å². The average Bonchev–Trinajstić information content (AvgIpc) is 3.04. The Kier molecular flexibility index (Phi) is 2.49. The van der Waals surface area contributed by atoms with Gasteiger partial charge < -0.3 is 10.2 Å². The molecule has 86 valence electrons. The van der Waals surface area contributed by atoms with Crippen LogP contribution in [0.25, 0.3) is 0 Å². The van der Waals surface area contributed by atoms with Gasteiger partial charge in [-0.05, 0) is 19.3 Å². The minimum Gasteiger partial charge on any atom is -0.381 e. The number of ether oxygens (including phenoxy) is 1. The molecule has 0 aromatic carbocycles. The summed E-state index contributed by atoms with van der Waals surface area (Å²) in [7, 11) is 0. The van der Waals surface area contributed by atoms with Gasteiger partial charge in [-0.15, -0.1) is 0 Å². The van der Waals surface area contributed by atoms with Crippen LogP contribution in [-0.4, -0.2) is 23.2 Å². The second-order valence-corrected chi connectivity index (χ2v) is 4.52. The topological polar surface area (TPSA) is 73.1 Å². The van der Waals surface area contributed by atoms with Crippen molar-refractivity contribution in [3.63, 3.8) is 0 Å². The van der Waals surface area contributed by atoms with E-state index in [0.717, 1.165) is 37.0 Å². The largest absolute Gasteiger partial charge is 0.381 e. The molecule has 1 aliphatic heterocycles. The minimum atomic E-state index is 0.339. The zero-order valence-corrected chi connectivity index (χ0v) is 9.15. The molecule has 16 heavy (non-hydrogen) atoms. The summed E-state index contributed by atoms with van der Waals surface area (Å²) >= 11 is 0. The van der Waals surface area contributed by atoms with Gasteiger partial charge in [0.25, 0.3) is 0 Å². The van der Waals surface area contributed by atoms with Gasteiger partial charge in [0.1, 0.15) is 11.6 Å². The lowest BCUT2D eigenvalue weighted by Crippen LogP contribution is -2.13. The second-order valence-electron chi connectivity index (χ2n) is 4.52. The molecule has 3 N–H and O–H groups in total. The smallest absolute Gasteiger partial charge is 0.143 e. The van der Waals surface area contributed by atoms with Gasteiger partial charge in [-0.2, -0.15) is 0 Å². The number of nitrogens with one attached hydrogen (secondary N) is 1. The van der Waals surface area contributed by atoms with E-state index < -0.39 is 0 Å². The van der Waals surface area contributed by atoms with Crippen LogP contribution in [-0.2, 0) is 4.74 Å². The first-order valence-electron chi connectivity index (χ1n) is 5.80. The second kappa shape index (κ2) is 3.99. The normalized spacial score (nSPS) is 24.7. The SMILES string of the molecule is NNc1cc(C2CC2)nc(C2CCOC2)n1. The summed E-state index contributed by atoms with van der Waals surface area (Å²) in [6.45, 7) is 1.55. The van der Waals surface area contributed by atoms with Gasteiger partial charge in [0.15, 0.2) is 0 Å². The van der Waals surface area contributed by atoms with Crippen LogP contribution in [0.15, 0.2) is 6.07 Å². The van der Waals surface area contributed by atoms with Crippen molar-refractivity contribution in [2.75, 3.05) is 18.6 Å². The molecule has 5 nitrogen and oxygen atoms in total. The molecule has 5 heteroatoms. The molecule has 2 fully saturated rings. The summed E-state index contributed by atoms with van der Waals surface area (Å²) in [5.74, 6) is 8.00. The summed E-state index contributed by atoms with van der Waals surface area (Å²) in [5.41, 5.74) is 3.75. The van der Waals surface area contributed by atoms with E-state index >= 15 is 0 Å². The highest BCUT2D eigenvalue weighted by atomic mass is 16.5. The van der Waals surface area contributed by atoms with E-state index in [2.05, 4.69) is 15.4 Å². The van der Waals surface area contributed by atoms with Crippen molar-refractivity contribution < 1.29 is 4.74 Å². The number of nitrogen functional groups attached to an aromatic ring is 1. The van der Waals surface area contributed by atoms with E-state index in [1.54, 1.807) is 0 Å². The summed E-state index contributed by atoms with van der Waals surface area (Å²) < 4.78 is 5.37. The van der Waals surface area contributed by atoms with E-state index in [4.69, 9.17) is 10.6 Å². The molecule has 1 aromatic heterocycles. The van der Waals surface area contributed by atoms with E-state index in [1.807, 2.05) is 6.07 Å². The molecule has 0 bridgehead atoms. The molecule has 0 amide bonds. The molecule has 2 heterocycles. The van der Waals surface area contributed by atoms with E-state index in [-0.39, 0.29) is 0 Å². The molecule has 0 radical (unpaired) electrons. The van der Waals surface area contributed by atoms with Crippen LogP contribution < -0.4 is 11.3 Å². The lowest BCUT2D eigenvalue weighted by Gasteiger charge is -2.10. The number of aromatic nitrogens is 2. The Hall–Kier alpha value is -1.20. The molecular weight excluding hydrogens is 204 g/mol. The van der Waals surface area contributed by atoms with Crippen molar-refractivity contribution in [2.24, 2.45) is 5.84 Å². The predicted molar refractivity (Wildman–Crippen MR) is 60.0 cm³/mol. The fourth-order valence-electron chi connectivity index (χ4n) is 2.07. The molecule has 1 atom stereocenters. The molecule has 2 aliphatic rings. The van der Waals surface area contributed by atoms with Crippen molar-refractivity contribution in [2.45, 2.75) is 31.1 Å². The first kappa shape index (κ1) is 9.99. The molecule has 1 aromatic rings.